The number of halogens is 2. The number of hydrogen-bond acceptors (Lipinski definition) is 3. The lowest BCUT2D eigenvalue weighted by atomic mass is 10.1. The zero-order valence-electron chi connectivity index (χ0n) is 9.70. The Hall–Kier alpha value is -1.12. The van der Waals surface area contributed by atoms with E-state index in [1.807, 2.05) is 0 Å². The van der Waals surface area contributed by atoms with Crippen molar-refractivity contribution in [3.63, 3.8) is 0 Å². The molecule has 0 amide bonds. The maximum atomic E-state index is 13.0. The third-order valence-electron chi connectivity index (χ3n) is 2.21. The van der Waals surface area contributed by atoms with Crippen LogP contribution in [0.3, 0.4) is 0 Å². The number of benzene rings is 1. The van der Waals surface area contributed by atoms with E-state index >= 15 is 0 Å². The van der Waals surface area contributed by atoms with Gasteiger partial charge in [-0.2, -0.15) is 4.72 Å². The maximum Gasteiger partial charge on any atom is 0.241 e. The normalized spacial score (nSPS) is 12.4. The van der Waals surface area contributed by atoms with Crippen molar-refractivity contribution in [2.45, 2.75) is 24.3 Å². The molecular formula is C10H12F2N2O2S2. The Balaban J connectivity index is 3.15. The Bertz CT molecular complexity index is 586. The molecule has 0 unspecified atom stereocenters. The minimum atomic E-state index is -4.03. The molecule has 0 saturated heterocycles. The standard InChI is InChI=1S/C10H12F2N2O2S2/c1-10(2,9(13)17)14-18(15,16)6-3-4-7(11)8(12)5-6/h3-5,14H,1-2H3,(H2,13,17). The molecule has 1 aromatic carbocycles. The van der Waals surface area contributed by atoms with Gasteiger partial charge in [-0.15, -0.1) is 0 Å². The molecule has 100 valence electrons. The van der Waals surface area contributed by atoms with Crippen molar-refractivity contribution in [1.82, 2.24) is 4.72 Å². The molecule has 0 spiro atoms. The summed E-state index contributed by atoms with van der Waals surface area (Å²) in [4.78, 5) is -0.459. The summed E-state index contributed by atoms with van der Waals surface area (Å²) in [6.07, 6.45) is 0. The predicted molar refractivity (Wildman–Crippen MR) is 67.5 cm³/mol. The van der Waals surface area contributed by atoms with E-state index in [4.69, 9.17) is 18.0 Å². The molecule has 0 aliphatic heterocycles. The lowest BCUT2D eigenvalue weighted by Gasteiger charge is -2.24. The Morgan fingerprint density at radius 2 is 1.89 bits per heavy atom. The van der Waals surface area contributed by atoms with Crippen LogP contribution >= 0.6 is 12.2 Å². The van der Waals surface area contributed by atoms with E-state index in [0.29, 0.717) is 6.07 Å². The zero-order valence-corrected chi connectivity index (χ0v) is 11.3. The molecular weight excluding hydrogens is 282 g/mol. The van der Waals surface area contributed by atoms with Gasteiger partial charge in [-0.1, -0.05) is 12.2 Å². The Morgan fingerprint density at radius 3 is 2.33 bits per heavy atom. The Morgan fingerprint density at radius 1 is 1.33 bits per heavy atom. The van der Waals surface area contributed by atoms with E-state index in [-0.39, 0.29) is 4.99 Å². The van der Waals surface area contributed by atoms with Crippen LogP contribution in [0.4, 0.5) is 8.78 Å². The smallest absolute Gasteiger partial charge is 0.241 e. The molecule has 0 saturated carbocycles. The van der Waals surface area contributed by atoms with Gasteiger partial charge < -0.3 is 5.73 Å². The van der Waals surface area contributed by atoms with Crippen molar-refractivity contribution < 1.29 is 17.2 Å². The molecule has 0 aliphatic carbocycles. The Kier molecular flexibility index (Phi) is 4.04. The number of sulfonamides is 1. The molecule has 8 heteroatoms. The largest absolute Gasteiger partial charge is 0.392 e. The summed E-state index contributed by atoms with van der Waals surface area (Å²) in [6, 6.07) is 2.28. The van der Waals surface area contributed by atoms with Crippen LogP contribution in [0.1, 0.15) is 13.8 Å². The van der Waals surface area contributed by atoms with Crippen LogP contribution in [0.2, 0.25) is 0 Å². The van der Waals surface area contributed by atoms with E-state index in [0.717, 1.165) is 12.1 Å². The summed E-state index contributed by atoms with van der Waals surface area (Å²) < 4.78 is 51.7. The second-order valence-corrected chi connectivity index (χ2v) is 6.29. The van der Waals surface area contributed by atoms with Gasteiger partial charge in [0, 0.05) is 0 Å². The quantitative estimate of drug-likeness (QED) is 0.821. The highest BCUT2D eigenvalue weighted by atomic mass is 32.2. The fourth-order valence-corrected chi connectivity index (χ4v) is 2.61. The molecule has 1 aromatic rings. The first-order valence-electron chi connectivity index (χ1n) is 4.85. The predicted octanol–water partition coefficient (Wildman–Crippen LogP) is 1.31. The number of nitrogens with two attached hydrogens (primary N) is 1. The molecule has 18 heavy (non-hydrogen) atoms. The van der Waals surface area contributed by atoms with Crippen molar-refractivity contribution in [2.24, 2.45) is 5.73 Å². The summed E-state index contributed by atoms with van der Waals surface area (Å²) in [5, 5.41) is 0. The van der Waals surface area contributed by atoms with Crippen LogP contribution in [-0.4, -0.2) is 18.9 Å². The number of hydrogen-bond donors (Lipinski definition) is 2. The van der Waals surface area contributed by atoms with E-state index in [1.54, 1.807) is 0 Å². The summed E-state index contributed by atoms with van der Waals surface area (Å²) >= 11 is 4.71. The minimum Gasteiger partial charge on any atom is -0.392 e. The van der Waals surface area contributed by atoms with Gasteiger partial charge in [0.2, 0.25) is 10.0 Å². The molecule has 0 bridgehead atoms. The molecule has 0 fully saturated rings. The third-order valence-corrected chi connectivity index (χ3v) is 4.37. The van der Waals surface area contributed by atoms with Gasteiger partial charge in [-0.25, -0.2) is 17.2 Å². The zero-order chi connectivity index (χ0) is 14.1. The van der Waals surface area contributed by atoms with Gasteiger partial charge >= 0.3 is 0 Å². The van der Waals surface area contributed by atoms with Gasteiger partial charge in [0.25, 0.3) is 0 Å². The summed E-state index contributed by atoms with van der Waals surface area (Å²) in [7, 11) is -4.03. The first-order valence-corrected chi connectivity index (χ1v) is 6.74. The third kappa shape index (κ3) is 3.21. The van der Waals surface area contributed by atoms with Crippen LogP contribution in [0.15, 0.2) is 23.1 Å². The lowest BCUT2D eigenvalue weighted by Crippen LogP contribution is -2.51. The van der Waals surface area contributed by atoms with Gasteiger partial charge in [0.15, 0.2) is 11.6 Å². The highest BCUT2D eigenvalue weighted by Crippen LogP contribution is 2.16. The fourth-order valence-electron chi connectivity index (χ4n) is 1.09. The van der Waals surface area contributed by atoms with Gasteiger partial charge in [0.05, 0.1) is 15.4 Å². The second-order valence-electron chi connectivity index (χ2n) is 4.17. The first-order chi connectivity index (χ1) is 8.06. The van der Waals surface area contributed by atoms with E-state index in [2.05, 4.69) is 4.72 Å². The molecule has 3 N–H and O–H groups in total. The number of rotatable bonds is 4. The average Bonchev–Trinajstić information content (AvgIpc) is 2.20. The van der Waals surface area contributed by atoms with E-state index < -0.39 is 32.1 Å². The van der Waals surface area contributed by atoms with Gasteiger partial charge in [0.1, 0.15) is 0 Å². The lowest BCUT2D eigenvalue weighted by molar-refractivity contribution is 0.502. The first kappa shape index (κ1) is 14.9. The van der Waals surface area contributed by atoms with Crippen molar-refractivity contribution >= 4 is 27.2 Å². The second kappa shape index (κ2) is 4.87. The monoisotopic (exact) mass is 294 g/mol. The molecule has 0 heterocycles. The van der Waals surface area contributed by atoms with Crippen molar-refractivity contribution in [3.05, 3.63) is 29.8 Å². The van der Waals surface area contributed by atoms with Crippen molar-refractivity contribution in [3.8, 4) is 0 Å². The van der Waals surface area contributed by atoms with Gasteiger partial charge in [-0.3, -0.25) is 0 Å². The molecule has 0 aliphatic rings. The molecule has 0 atom stereocenters. The molecule has 4 nitrogen and oxygen atoms in total. The Labute approximate surface area is 109 Å². The van der Waals surface area contributed by atoms with Crippen LogP contribution in [-0.2, 0) is 10.0 Å². The summed E-state index contributed by atoms with van der Waals surface area (Å²) in [5.41, 5.74) is 4.21. The van der Waals surface area contributed by atoms with Crippen LogP contribution in [0, 0.1) is 11.6 Å². The molecule has 0 radical (unpaired) electrons. The SMILES string of the molecule is CC(C)(NS(=O)(=O)c1ccc(F)c(F)c1)C(N)=S. The fraction of sp³-hybridized carbons (Fsp3) is 0.300. The minimum absolute atomic E-state index is 0.0614. The van der Waals surface area contributed by atoms with Gasteiger partial charge in [-0.05, 0) is 32.0 Å². The summed E-state index contributed by atoms with van der Waals surface area (Å²) in [5.74, 6) is -2.37. The van der Waals surface area contributed by atoms with E-state index in [9.17, 15) is 17.2 Å². The van der Waals surface area contributed by atoms with E-state index in [1.165, 1.54) is 13.8 Å². The van der Waals surface area contributed by atoms with Crippen LogP contribution < -0.4 is 10.5 Å². The van der Waals surface area contributed by atoms with Crippen LogP contribution in [0.5, 0.6) is 0 Å². The maximum absolute atomic E-state index is 13.0. The topological polar surface area (TPSA) is 72.2 Å². The number of nitrogens with one attached hydrogen (secondary N) is 1. The molecule has 0 aromatic heterocycles. The van der Waals surface area contributed by atoms with Crippen molar-refractivity contribution in [1.29, 1.82) is 0 Å². The summed E-state index contributed by atoms with van der Waals surface area (Å²) in [6.45, 7) is 2.93. The average molecular weight is 294 g/mol. The van der Waals surface area contributed by atoms with Crippen molar-refractivity contribution in [2.75, 3.05) is 0 Å². The van der Waals surface area contributed by atoms with Crippen LogP contribution in [0.25, 0.3) is 0 Å². The number of thiocarbonyl (C=S) groups is 1. The highest BCUT2D eigenvalue weighted by Gasteiger charge is 2.29. The molecule has 1 rings (SSSR count). The highest BCUT2D eigenvalue weighted by molar-refractivity contribution is 7.89.